The standard InChI is InChI=1S/C20H26I.C4HF9O3S.CHF3/c1-19(2,3)15-7-11-17(12-8-15)21-18-13-9-16(10-14-18)20(4,5)6;5-1(6,3(9,10)11)2(7,8)4(12,13)17(14,15)16;2-1(3)4/h7-14H,1-6H3;(H,14,15,16);1H/q+1;;/p-1. The Morgan fingerprint density at radius 1 is 0.595 bits per heavy atom. The van der Waals surface area contributed by atoms with Crippen LogP contribution in [0, 0.1) is 7.14 Å². The third kappa shape index (κ3) is 10.7. The van der Waals surface area contributed by atoms with Gasteiger partial charge in [-0.15, -0.1) is 0 Å². The van der Waals surface area contributed by atoms with Crippen molar-refractivity contribution in [2.24, 2.45) is 0 Å². The Bertz CT molecular complexity index is 1170. The summed E-state index contributed by atoms with van der Waals surface area (Å²) < 4.78 is 167. The highest BCUT2D eigenvalue weighted by molar-refractivity contribution is 7.86. The second-order valence-corrected chi connectivity index (χ2v) is 14.9. The Hall–Kier alpha value is -1.76. The monoisotopic (exact) mass is 762 g/mol. The molecule has 242 valence electrons. The smallest absolute Gasteiger partial charge is 0.460 e. The van der Waals surface area contributed by atoms with Crippen LogP contribution in [0.5, 0.6) is 0 Å². The highest BCUT2D eigenvalue weighted by atomic mass is 127. The molecule has 0 bridgehead atoms. The van der Waals surface area contributed by atoms with Crippen LogP contribution >= 0.6 is 0 Å². The maximum atomic E-state index is 12.2. The van der Waals surface area contributed by atoms with Crippen LogP contribution in [-0.2, 0) is 20.9 Å². The van der Waals surface area contributed by atoms with Crippen molar-refractivity contribution >= 4 is 10.1 Å². The fourth-order valence-electron chi connectivity index (χ4n) is 2.67. The van der Waals surface area contributed by atoms with Crippen LogP contribution in [0.1, 0.15) is 52.7 Å². The predicted octanol–water partition coefficient (Wildman–Crippen LogP) is 5.55. The molecule has 0 aromatic heterocycles. The molecular formula is C25H27F12IO3S. The molecule has 0 aliphatic heterocycles. The van der Waals surface area contributed by atoms with Crippen molar-refractivity contribution in [3.05, 3.63) is 66.8 Å². The van der Waals surface area contributed by atoms with Crippen molar-refractivity contribution < 1.29 is 86.9 Å². The molecule has 0 atom stereocenters. The molecule has 0 radical (unpaired) electrons. The van der Waals surface area contributed by atoms with Crippen molar-refractivity contribution in [2.45, 2.75) is 82.3 Å². The summed E-state index contributed by atoms with van der Waals surface area (Å²) in [5, 5.41) is -7.11. The Kier molecular flexibility index (Phi) is 13.3. The topological polar surface area (TPSA) is 57.2 Å². The van der Waals surface area contributed by atoms with E-state index in [0.29, 0.717) is 0 Å². The second kappa shape index (κ2) is 13.9. The minimum Gasteiger partial charge on any atom is -0.743 e. The number of benzene rings is 2. The SMILES string of the molecule is CC(C)(C)c1ccc([I+]c2ccc(C(C)(C)C)cc2)cc1.FC(F)F.O=S(=O)([O-])C(F)(F)C(F)(F)C(F)(F)C(F)(F)F. The van der Waals surface area contributed by atoms with E-state index in [1.165, 1.54) is 18.3 Å². The Morgan fingerprint density at radius 3 is 1.05 bits per heavy atom. The summed E-state index contributed by atoms with van der Waals surface area (Å²) in [6.45, 7) is 9.93. The lowest BCUT2D eigenvalue weighted by atomic mass is 9.87. The van der Waals surface area contributed by atoms with E-state index in [1.54, 1.807) is 0 Å². The molecule has 42 heavy (non-hydrogen) atoms. The van der Waals surface area contributed by atoms with E-state index in [1.807, 2.05) is 0 Å². The fraction of sp³-hybridized carbons (Fsp3) is 0.520. The molecule has 2 aromatic carbocycles. The predicted molar refractivity (Wildman–Crippen MR) is 125 cm³/mol. The summed E-state index contributed by atoms with van der Waals surface area (Å²) >= 11 is -0.0703. The van der Waals surface area contributed by atoms with Gasteiger partial charge in [0.2, 0.25) is 0 Å². The largest absolute Gasteiger partial charge is 0.743 e. The average molecular weight is 762 g/mol. The first-order valence-corrected chi connectivity index (χ1v) is 14.9. The average Bonchev–Trinajstić information content (AvgIpc) is 2.77. The van der Waals surface area contributed by atoms with E-state index >= 15 is 0 Å². The summed E-state index contributed by atoms with van der Waals surface area (Å²) in [5.41, 5.74) is 3.31. The van der Waals surface area contributed by atoms with Gasteiger partial charge in [0.05, 0.1) is 0 Å². The fourth-order valence-corrected chi connectivity index (χ4v) is 5.27. The van der Waals surface area contributed by atoms with Gasteiger partial charge in [-0.25, -0.2) is 8.42 Å². The quantitative estimate of drug-likeness (QED) is 0.229. The third-order valence-electron chi connectivity index (χ3n) is 5.07. The number of alkyl halides is 12. The van der Waals surface area contributed by atoms with Gasteiger partial charge in [-0.05, 0) is 46.2 Å². The number of hydrogen-bond acceptors (Lipinski definition) is 3. The second-order valence-electron chi connectivity index (χ2n) is 10.5. The Morgan fingerprint density at radius 2 is 0.857 bits per heavy atom. The highest BCUT2D eigenvalue weighted by Crippen LogP contribution is 2.54. The number of hydrogen-bond donors (Lipinski definition) is 0. The van der Waals surface area contributed by atoms with E-state index in [9.17, 15) is 65.7 Å². The van der Waals surface area contributed by atoms with Gasteiger partial charge < -0.3 is 4.55 Å². The molecule has 0 fully saturated rings. The van der Waals surface area contributed by atoms with E-state index in [0.717, 1.165) is 0 Å². The number of halogens is 13. The van der Waals surface area contributed by atoms with Crippen LogP contribution in [0.4, 0.5) is 52.7 Å². The van der Waals surface area contributed by atoms with Crippen LogP contribution in [-0.4, -0.2) is 42.9 Å². The molecule has 0 aliphatic carbocycles. The molecule has 0 N–H and O–H groups in total. The van der Waals surface area contributed by atoms with Crippen molar-refractivity contribution in [2.75, 3.05) is 0 Å². The maximum absolute atomic E-state index is 12.2. The molecule has 0 heterocycles. The van der Waals surface area contributed by atoms with Crippen LogP contribution in [0.15, 0.2) is 48.5 Å². The molecule has 0 unspecified atom stereocenters. The van der Waals surface area contributed by atoms with Crippen LogP contribution in [0.2, 0.25) is 0 Å². The van der Waals surface area contributed by atoms with Gasteiger partial charge in [-0.3, -0.25) is 0 Å². The van der Waals surface area contributed by atoms with E-state index in [2.05, 4.69) is 90.1 Å². The molecule has 0 saturated heterocycles. The summed E-state index contributed by atoms with van der Waals surface area (Å²) in [5.74, 6) is -14.8. The van der Waals surface area contributed by atoms with Gasteiger partial charge >= 0.3 is 51.2 Å². The normalized spacial score (nSPS) is 13.6. The Balaban J connectivity index is 0.000000724. The molecule has 0 saturated carbocycles. The Labute approximate surface area is 245 Å². The first kappa shape index (κ1) is 40.2. The molecule has 2 aromatic rings. The van der Waals surface area contributed by atoms with Crippen LogP contribution in [0.3, 0.4) is 0 Å². The van der Waals surface area contributed by atoms with Crippen LogP contribution in [0.25, 0.3) is 0 Å². The van der Waals surface area contributed by atoms with Crippen molar-refractivity contribution in [3.63, 3.8) is 0 Å². The van der Waals surface area contributed by atoms with Gasteiger partial charge in [-0.2, -0.15) is 52.7 Å². The van der Waals surface area contributed by atoms with E-state index in [4.69, 9.17) is 0 Å². The van der Waals surface area contributed by atoms with Crippen molar-refractivity contribution in [1.29, 1.82) is 0 Å². The summed E-state index contributed by atoms with van der Waals surface area (Å²) in [7, 11) is -7.42. The third-order valence-corrected chi connectivity index (χ3v) is 8.64. The molecule has 0 aliphatic rings. The zero-order valence-corrected chi connectivity index (χ0v) is 25.7. The molecule has 2 rings (SSSR count). The van der Waals surface area contributed by atoms with Gasteiger partial charge in [0.15, 0.2) is 17.3 Å². The van der Waals surface area contributed by atoms with Gasteiger partial charge in [0.1, 0.15) is 0 Å². The molecule has 0 spiro atoms. The number of rotatable bonds is 5. The van der Waals surface area contributed by atoms with Gasteiger partial charge in [0, 0.05) is 0 Å². The lowest BCUT2D eigenvalue weighted by Gasteiger charge is -2.34. The minimum atomic E-state index is -7.43. The zero-order valence-electron chi connectivity index (χ0n) is 22.7. The van der Waals surface area contributed by atoms with Crippen molar-refractivity contribution in [3.8, 4) is 0 Å². The minimum absolute atomic E-state index is 0.0703. The molecule has 0 amide bonds. The van der Waals surface area contributed by atoms with E-state index in [-0.39, 0.29) is 32.0 Å². The van der Waals surface area contributed by atoms with E-state index < -0.39 is 40.1 Å². The lowest BCUT2D eigenvalue weighted by molar-refractivity contribution is -0.597. The summed E-state index contributed by atoms with van der Waals surface area (Å²) in [6.07, 6.45) is -7.16. The molecular weight excluding hydrogens is 735 g/mol. The van der Waals surface area contributed by atoms with Gasteiger partial charge in [-0.1, -0.05) is 65.8 Å². The molecule has 3 nitrogen and oxygen atoms in total. The molecule has 17 heteroatoms. The first-order valence-electron chi connectivity index (χ1n) is 11.3. The summed E-state index contributed by atoms with van der Waals surface area (Å²) in [6, 6.07) is 18.4. The highest BCUT2D eigenvalue weighted by Gasteiger charge is 2.83. The van der Waals surface area contributed by atoms with Gasteiger partial charge in [0.25, 0.3) is 0 Å². The lowest BCUT2D eigenvalue weighted by Crippen LogP contribution is -3.61. The zero-order chi connectivity index (χ0) is 33.8. The summed E-state index contributed by atoms with van der Waals surface area (Å²) in [4.78, 5) is 0. The maximum Gasteiger partial charge on any atom is 0.460 e. The van der Waals surface area contributed by atoms with Crippen molar-refractivity contribution in [1.82, 2.24) is 0 Å². The van der Waals surface area contributed by atoms with Crippen LogP contribution < -0.4 is 21.2 Å². The first-order chi connectivity index (χ1) is 18.4.